The summed E-state index contributed by atoms with van der Waals surface area (Å²) in [5.74, 6) is 0.497. The molecule has 21 heavy (non-hydrogen) atoms. The van der Waals surface area contributed by atoms with E-state index in [2.05, 4.69) is 31.7 Å². The summed E-state index contributed by atoms with van der Waals surface area (Å²) in [5, 5.41) is 10.2. The van der Waals surface area contributed by atoms with Gasteiger partial charge in [-0.1, -0.05) is 12.1 Å². The molecular formula is C15H13BrN4O. The monoisotopic (exact) mass is 344 g/mol. The van der Waals surface area contributed by atoms with Crippen LogP contribution in [0.2, 0.25) is 0 Å². The van der Waals surface area contributed by atoms with Crippen molar-refractivity contribution in [2.24, 2.45) is 0 Å². The normalized spacial score (nSPS) is 10.6. The van der Waals surface area contributed by atoms with E-state index in [9.17, 15) is 4.79 Å². The van der Waals surface area contributed by atoms with Gasteiger partial charge in [0.15, 0.2) is 0 Å². The average molecular weight is 345 g/mol. The molecule has 2 heterocycles. The maximum atomic E-state index is 12.4. The van der Waals surface area contributed by atoms with E-state index in [1.54, 1.807) is 17.6 Å². The molecule has 0 unspecified atom stereocenters. The summed E-state index contributed by atoms with van der Waals surface area (Å²) >= 11 is 3.41. The molecule has 0 fully saturated rings. The van der Waals surface area contributed by atoms with Crippen molar-refractivity contribution in [1.82, 2.24) is 9.61 Å². The molecule has 0 aliphatic rings. The standard InChI is InChI=1S/C15H13BrN4O/c1-17-14-9-7-10-6-8-13(20(10)19-14)15(21)18-12-5-3-2-4-11(12)16/h2-9H,1H3,(H,17,19)(H,18,21). The van der Waals surface area contributed by atoms with Gasteiger partial charge < -0.3 is 10.6 Å². The summed E-state index contributed by atoms with van der Waals surface area (Å²) in [6.07, 6.45) is 0. The van der Waals surface area contributed by atoms with E-state index in [0.717, 1.165) is 15.7 Å². The van der Waals surface area contributed by atoms with E-state index < -0.39 is 0 Å². The quantitative estimate of drug-likeness (QED) is 0.765. The molecule has 0 saturated carbocycles. The number of para-hydroxylation sites is 1. The number of anilines is 2. The van der Waals surface area contributed by atoms with Crippen LogP contribution in [-0.2, 0) is 0 Å². The number of carbonyl (C=O) groups excluding carboxylic acids is 1. The number of hydrogen-bond donors (Lipinski definition) is 2. The van der Waals surface area contributed by atoms with Gasteiger partial charge in [-0.3, -0.25) is 4.79 Å². The molecule has 0 saturated heterocycles. The van der Waals surface area contributed by atoms with Crippen molar-refractivity contribution in [3.05, 3.63) is 58.7 Å². The Bertz CT molecular complexity index is 812. The van der Waals surface area contributed by atoms with Gasteiger partial charge in [-0.25, -0.2) is 4.52 Å². The van der Waals surface area contributed by atoms with Crippen LogP contribution in [0.25, 0.3) is 5.52 Å². The minimum Gasteiger partial charge on any atom is -0.372 e. The first-order chi connectivity index (χ1) is 10.2. The Balaban J connectivity index is 1.96. The van der Waals surface area contributed by atoms with Crippen molar-refractivity contribution in [2.75, 3.05) is 17.7 Å². The van der Waals surface area contributed by atoms with Gasteiger partial charge in [-0.05, 0) is 52.3 Å². The Morgan fingerprint density at radius 1 is 1.14 bits per heavy atom. The Morgan fingerprint density at radius 3 is 2.67 bits per heavy atom. The van der Waals surface area contributed by atoms with Crippen molar-refractivity contribution in [1.29, 1.82) is 0 Å². The van der Waals surface area contributed by atoms with E-state index in [-0.39, 0.29) is 5.91 Å². The molecule has 2 aromatic heterocycles. The second-order valence-corrected chi connectivity index (χ2v) is 5.31. The first-order valence-electron chi connectivity index (χ1n) is 6.41. The molecule has 0 aliphatic heterocycles. The van der Waals surface area contributed by atoms with Crippen molar-refractivity contribution in [3.63, 3.8) is 0 Å². The maximum Gasteiger partial charge on any atom is 0.274 e. The van der Waals surface area contributed by atoms with E-state index in [4.69, 9.17) is 0 Å². The van der Waals surface area contributed by atoms with Gasteiger partial charge in [0.2, 0.25) is 0 Å². The highest BCUT2D eigenvalue weighted by Crippen LogP contribution is 2.22. The predicted molar refractivity (Wildman–Crippen MR) is 86.8 cm³/mol. The number of amides is 1. The van der Waals surface area contributed by atoms with Crippen LogP contribution in [0.4, 0.5) is 11.5 Å². The lowest BCUT2D eigenvalue weighted by Gasteiger charge is -2.07. The lowest BCUT2D eigenvalue weighted by molar-refractivity contribution is 0.102. The van der Waals surface area contributed by atoms with Gasteiger partial charge in [0, 0.05) is 11.5 Å². The van der Waals surface area contributed by atoms with Crippen molar-refractivity contribution in [2.45, 2.75) is 0 Å². The Labute approximate surface area is 130 Å². The van der Waals surface area contributed by atoms with E-state index in [1.165, 1.54) is 0 Å². The van der Waals surface area contributed by atoms with Gasteiger partial charge in [-0.15, -0.1) is 5.10 Å². The molecule has 2 N–H and O–H groups in total. The highest BCUT2D eigenvalue weighted by molar-refractivity contribution is 9.10. The van der Waals surface area contributed by atoms with Gasteiger partial charge in [0.25, 0.3) is 5.91 Å². The number of halogens is 1. The number of hydrogen-bond acceptors (Lipinski definition) is 3. The van der Waals surface area contributed by atoms with Crippen LogP contribution in [0.15, 0.2) is 53.0 Å². The van der Waals surface area contributed by atoms with E-state index in [0.29, 0.717) is 11.5 Å². The molecule has 6 heteroatoms. The van der Waals surface area contributed by atoms with Gasteiger partial charge in [0.05, 0.1) is 11.2 Å². The minimum atomic E-state index is -0.206. The summed E-state index contributed by atoms with van der Waals surface area (Å²) in [4.78, 5) is 12.4. The first kappa shape index (κ1) is 13.6. The third kappa shape index (κ3) is 2.62. The zero-order chi connectivity index (χ0) is 14.8. The van der Waals surface area contributed by atoms with Crippen molar-refractivity contribution in [3.8, 4) is 0 Å². The Hall–Kier alpha value is -2.34. The highest BCUT2D eigenvalue weighted by Gasteiger charge is 2.13. The van der Waals surface area contributed by atoms with Crippen molar-refractivity contribution >= 4 is 38.9 Å². The van der Waals surface area contributed by atoms with E-state index >= 15 is 0 Å². The fraction of sp³-hybridized carbons (Fsp3) is 0.0667. The molecule has 0 bridgehead atoms. The molecule has 0 atom stereocenters. The van der Waals surface area contributed by atoms with Crippen LogP contribution < -0.4 is 10.6 Å². The first-order valence-corrected chi connectivity index (χ1v) is 7.21. The summed E-state index contributed by atoms with van der Waals surface area (Å²) in [6, 6.07) is 14.9. The molecule has 1 amide bonds. The number of carbonyl (C=O) groups is 1. The van der Waals surface area contributed by atoms with Crippen LogP contribution in [0.3, 0.4) is 0 Å². The third-order valence-electron chi connectivity index (χ3n) is 3.12. The minimum absolute atomic E-state index is 0.206. The second kappa shape index (κ2) is 5.57. The molecule has 1 aromatic carbocycles. The molecule has 3 aromatic rings. The number of fused-ring (bicyclic) bond motifs is 1. The smallest absolute Gasteiger partial charge is 0.274 e. The van der Waals surface area contributed by atoms with Crippen LogP contribution in [0.1, 0.15) is 10.5 Å². The maximum absolute atomic E-state index is 12.4. The second-order valence-electron chi connectivity index (χ2n) is 4.46. The number of nitrogens with one attached hydrogen (secondary N) is 2. The summed E-state index contributed by atoms with van der Waals surface area (Å²) in [5.41, 5.74) is 2.08. The largest absolute Gasteiger partial charge is 0.372 e. The Morgan fingerprint density at radius 2 is 1.90 bits per heavy atom. The zero-order valence-corrected chi connectivity index (χ0v) is 12.9. The van der Waals surface area contributed by atoms with Gasteiger partial charge in [-0.2, -0.15) is 0 Å². The summed E-state index contributed by atoms with van der Waals surface area (Å²) in [7, 11) is 1.79. The molecule has 0 aliphatic carbocycles. The number of aromatic nitrogens is 2. The number of benzene rings is 1. The predicted octanol–water partition coefficient (Wildman–Crippen LogP) is 3.39. The van der Waals surface area contributed by atoms with Crippen molar-refractivity contribution < 1.29 is 4.79 Å². The summed E-state index contributed by atoms with van der Waals surface area (Å²) < 4.78 is 2.46. The number of nitrogens with zero attached hydrogens (tertiary/aromatic N) is 2. The lowest BCUT2D eigenvalue weighted by Crippen LogP contribution is -2.16. The van der Waals surface area contributed by atoms with Crippen LogP contribution in [-0.4, -0.2) is 22.6 Å². The fourth-order valence-corrected chi connectivity index (χ4v) is 2.43. The van der Waals surface area contributed by atoms with Gasteiger partial charge >= 0.3 is 0 Å². The number of rotatable bonds is 3. The molecular weight excluding hydrogens is 332 g/mol. The molecule has 106 valence electrons. The van der Waals surface area contributed by atoms with Crippen LogP contribution >= 0.6 is 15.9 Å². The molecule has 3 rings (SSSR count). The van der Waals surface area contributed by atoms with Crippen LogP contribution in [0, 0.1) is 0 Å². The van der Waals surface area contributed by atoms with Crippen LogP contribution in [0.5, 0.6) is 0 Å². The molecule has 0 radical (unpaired) electrons. The average Bonchev–Trinajstić information content (AvgIpc) is 2.92. The molecule has 0 spiro atoms. The fourth-order valence-electron chi connectivity index (χ4n) is 2.04. The third-order valence-corrected chi connectivity index (χ3v) is 3.81. The van der Waals surface area contributed by atoms with Gasteiger partial charge in [0.1, 0.15) is 11.5 Å². The zero-order valence-electron chi connectivity index (χ0n) is 11.3. The highest BCUT2D eigenvalue weighted by atomic mass is 79.9. The molecule has 5 nitrogen and oxygen atoms in total. The summed E-state index contributed by atoms with van der Waals surface area (Å²) in [6.45, 7) is 0. The Kier molecular flexibility index (Phi) is 3.62. The van der Waals surface area contributed by atoms with E-state index in [1.807, 2.05) is 42.5 Å². The lowest BCUT2D eigenvalue weighted by atomic mass is 10.3. The SMILES string of the molecule is CNc1ccc2ccc(C(=O)Nc3ccccc3Br)n2n1. The topological polar surface area (TPSA) is 58.4 Å².